The number of hydrogen-bond acceptors (Lipinski definition) is 3. The van der Waals surface area contributed by atoms with Crippen LogP contribution in [0.1, 0.15) is 16.1 Å². The average Bonchev–Trinajstić information content (AvgIpc) is 2.83. The zero-order valence-electron chi connectivity index (χ0n) is 9.56. The normalized spacial score (nSPS) is 10.8. The lowest BCUT2D eigenvalue weighted by Gasteiger charge is -1.97. The molecule has 0 unspecified atom stereocenters. The van der Waals surface area contributed by atoms with E-state index >= 15 is 0 Å². The van der Waals surface area contributed by atoms with E-state index in [-0.39, 0.29) is 22.3 Å². The topological polar surface area (TPSA) is 43.1 Å². The maximum absolute atomic E-state index is 13.5. The lowest BCUT2D eigenvalue weighted by atomic mass is 10.1. The molecule has 3 aromatic rings. The summed E-state index contributed by atoms with van der Waals surface area (Å²) in [4.78, 5) is 16.0. The van der Waals surface area contributed by atoms with Crippen molar-refractivity contribution in [1.82, 2.24) is 4.98 Å². The number of carbonyl (C=O) groups excluding carboxylic acids is 1. The third kappa shape index (κ3) is 2.11. The first-order valence-corrected chi connectivity index (χ1v) is 5.87. The highest BCUT2D eigenvalue weighted by molar-refractivity contribution is 6.29. The summed E-state index contributed by atoms with van der Waals surface area (Å²) >= 11 is 5.73. The molecule has 0 saturated heterocycles. The van der Waals surface area contributed by atoms with Gasteiger partial charge in [-0.15, -0.1) is 0 Å². The van der Waals surface area contributed by atoms with E-state index in [4.69, 9.17) is 16.0 Å². The number of rotatable bonds is 2. The van der Waals surface area contributed by atoms with Gasteiger partial charge in [-0.05, 0) is 24.3 Å². The summed E-state index contributed by atoms with van der Waals surface area (Å²) in [6, 6.07) is 8.99. The molecule has 0 fully saturated rings. The minimum atomic E-state index is -0.496. The van der Waals surface area contributed by atoms with Crippen molar-refractivity contribution < 1.29 is 13.6 Å². The van der Waals surface area contributed by atoms with Crippen molar-refractivity contribution in [2.45, 2.75) is 0 Å². The largest absolute Gasteiger partial charge is 0.449 e. The first-order valence-electron chi connectivity index (χ1n) is 5.49. The summed E-state index contributed by atoms with van der Waals surface area (Å²) in [6.07, 6.45) is 1.43. The van der Waals surface area contributed by atoms with E-state index in [0.29, 0.717) is 10.9 Å². The molecule has 0 saturated carbocycles. The third-order valence-corrected chi connectivity index (χ3v) is 2.92. The fraction of sp³-hybridized carbons (Fsp3) is 0. The Balaban J connectivity index is 2.09. The Morgan fingerprint density at radius 1 is 1.26 bits per heavy atom. The zero-order chi connectivity index (χ0) is 13.4. The summed E-state index contributed by atoms with van der Waals surface area (Å²) in [5, 5.41) is 0.761. The van der Waals surface area contributed by atoms with Crippen LogP contribution in [0.4, 0.5) is 4.39 Å². The van der Waals surface area contributed by atoms with Gasteiger partial charge in [0.05, 0.1) is 0 Å². The molecule has 94 valence electrons. The Labute approximate surface area is 112 Å². The number of fused-ring (bicyclic) bond motifs is 1. The van der Waals surface area contributed by atoms with E-state index in [2.05, 4.69) is 4.98 Å². The molecule has 0 bridgehead atoms. The first kappa shape index (κ1) is 11.9. The van der Waals surface area contributed by atoms with Crippen LogP contribution in [0, 0.1) is 5.82 Å². The molecule has 0 spiro atoms. The molecule has 0 atom stereocenters. The summed E-state index contributed by atoms with van der Waals surface area (Å²) in [5.74, 6) is -0.786. The number of pyridine rings is 1. The van der Waals surface area contributed by atoms with Crippen LogP contribution in [0.5, 0.6) is 0 Å². The van der Waals surface area contributed by atoms with E-state index < -0.39 is 5.82 Å². The van der Waals surface area contributed by atoms with Crippen LogP contribution >= 0.6 is 11.6 Å². The predicted octanol–water partition coefficient (Wildman–Crippen LogP) is 3.85. The van der Waals surface area contributed by atoms with Crippen LogP contribution in [0.15, 0.2) is 47.0 Å². The minimum Gasteiger partial charge on any atom is -0.449 e. The van der Waals surface area contributed by atoms with Crippen molar-refractivity contribution in [2.24, 2.45) is 0 Å². The number of para-hydroxylation sites is 1. The van der Waals surface area contributed by atoms with Gasteiger partial charge in [-0.1, -0.05) is 23.7 Å². The average molecular weight is 276 g/mol. The predicted molar refractivity (Wildman–Crippen MR) is 68.9 cm³/mol. The van der Waals surface area contributed by atoms with Crippen LogP contribution in [-0.2, 0) is 0 Å². The number of halogens is 2. The highest BCUT2D eigenvalue weighted by Crippen LogP contribution is 2.24. The number of nitrogens with zero attached hydrogens (tertiary/aromatic N) is 1. The van der Waals surface area contributed by atoms with Crippen molar-refractivity contribution >= 4 is 28.4 Å². The van der Waals surface area contributed by atoms with Crippen molar-refractivity contribution in [3.05, 3.63) is 64.9 Å². The molecule has 0 radical (unpaired) electrons. The van der Waals surface area contributed by atoms with E-state index in [9.17, 15) is 9.18 Å². The van der Waals surface area contributed by atoms with E-state index in [1.165, 1.54) is 30.5 Å². The molecule has 0 N–H and O–H groups in total. The number of furan rings is 1. The van der Waals surface area contributed by atoms with E-state index in [1.807, 2.05) is 0 Å². The van der Waals surface area contributed by atoms with E-state index in [1.54, 1.807) is 12.1 Å². The van der Waals surface area contributed by atoms with Crippen LogP contribution in [0.3, 0.4) is 0 Å². The van der Waals surface area contributed by atoms with Gasteiger partial charge in [-0.3, -0.25) is 4.79 Å². The lowest BCUT2D eigenvalue weighted by Crippen LogP contribution is -1.99. The SMILES string of the molecule is O=C(c1ccnc(Cl)c1)c1cc2cccc(F)c2o1. The molecule has 2 heterocycles. The Bertz CT molecular complexity index is 782. The van der Waals surface area contributed by atoms with Gasteiger partial charge >= 0.3 is 0 Å². The number of ketones is 1. The lowest BCUT2D eigenvalue weighted by molar-refractivity contribution is 0.101. The Kier molecular flexibility index (Phi) is 2.80. The van der Waals surface area contributed by atoms with Gasteiger partial charge in [0.2, 0.25) is 5.78 Å². The molecule has 1 aromatic carbocycles. The van der Waals surface area contributed by atoms with Crippen molar-refractivity contribution in [3.63, 3.8) is 0 Å². The Morgan fingerprint density at radius 3 is 2.84 bits per heavy atom. The van der Waals surface area contributed by atoms with Crippen LogP contribution in [0.25, 0.3) is 11.0 Å². The smallest absolute Gasteiger partial charge is 0.228 e. The highest BCUT2D eigenvalue weighted by Gasteiger charge is 2.16. The molecular weight excluding hydrogens is 269 g/mol. The van der Waals surface area contributed by atoms with E-state index in [0.717, 1.165) is 0 Å². The maximum atomic E-state index is 13.5. The Morgan fingerprint density at radius 2 is 2.11 bits per heavy atom. The Hall–Kier alpha value is -2.20. The summed E-state index contributed by atoms with van der Waals surface area (Å²) in [6.45, 7) is 0. The highest BCUT2D eigenvalue weighted by atomic mass is 35.5. The second kappa shape index (κ2) is 4.48. The maximum Gasteiger partial charge on any atom is 0.228 e. The quantitative estimate of drug-likeness (QED) is 0.527. The fourth-order valence-corrected chi connectivity index (χ4v) is 2.00. The molecule has 0 amide bonds. The van der Waals surface area contributed by atoms with Gasteiger partial charge in [0, 0.05) is 17.1 Å². The molecular formula is C14H7ClFNO2. The standard InChI is InChI=1S/C14H7ClFNO2/c15-12-7-8(4-5-17-12)13(18)11-6-9-2-1-3-10(16)14(9)19-11/h1-7H. The second-order valence-electron chi connectivity index (χ2n) is 3.97. The first-order chi connectivity index (χ1) is 9.15. The fourth-order valence-electron chi connectivity index (χ4n) is 1.83. The molecule has 5 heteroatoms. The number of carbonyl (C=O) groups is 1. The summed E-state index contributed by atoms with van der Waals surface area (Å²) < 4.78 is 18.8. The van der Waals surface area contributed by atoms with Crippen molar-refractivity contribution in [1.29, 1.82) is 0 Å². The molecule has 2 aromatic heterocycles. The van der Waals surface area contributed by atoms with Gasteiger partial charge in [0.15, 0.2) is 17.2 Å². The molecule has 0 aliphatic carbocycles. The van der Waals surface area contributed by atoms with Gasteiger partial charge in [0.25, 0.3) is 0 Å². The molecule has 0 aliphatic rings. The van der Waals surface area contributed by atoms with Gasteiger partial charge in [0.1, 0.15) is 5.15 Å². The van der Waals surface area contributed by atoms with Crippen molar-refractivity contribution in [2.75, 3.05) is 0 Å². The monoisotopic (exact) mass is 275 g/mol. The van der Waals surface area contributed by atoms with Crippen LogP contribution in [-0.4, -0.2) is 10.8 Å². The van der Waals surface area contributed by atoms with Gasteiger partial charge < -0.3 is 4.42 Å². The third-order valence-electron chi connectivity index (χ3n) is 2.71. The van der Waals surface area contributed by atoms with Crippen LogP contribution in [0.2, 0.25) is 5.15 Å². The number of benzene rings is 1. The van der Waals surface area contributed by atoms with Gasteiger partial charge in [-0.25, -0.2) is 9.37 Å². The van der Waals surface area contributed by atoms with Crippen molar-refractivity contribution in [3.8, 4) is 0 Å². The molecule has 19 heavy (non-hydrogen) atoms. The summed E-state index contributed by atoms with van der Waals surface area (Å²) in [7, 11) is 0. The second-order valence-corrected chi connectivity index (χ2v) is 4.35. The molecule has 3 nitrogen and oxygen atoms in total. The number of aromatic nitrogens is 1. The molecule has 0 aliphatic heterocycles. The molecule has 3 rings (SSSR count). The van der Waals surface area contributed by atoms with Crippen LogP contribution < -0.4 is 0 Å². The zero-order valence-corrected chi connectivity index (χ0v) is 10.3. The van der Waals surface area contributed by atoms with Gasteiger partial charge in [-0.2, -0.15) is 0 Å². The summed E-state index contributed by atoms with van der Waals surface area (Å²) in [5.41, 5.74) is 0.422. The number of hydrogen-bond donors (Lipinski definition) is 0. The minimum absolute atomic E-state index is 0.0716.